The first-order valence-corrected chi connectivity index (χ1v) is 12.7. The van der Waals surface area contributed by atoms with Gasteiger partial charge >= 0.3 is 0 Å². The first-order chi connectivity index (χ1) is 19.4. The first-order valence-electron chi connectivity index (χ1n) is 12.7. The summed E-state index contributed by atoms with van der Waals surface area (Å²) in [7, 11) is 5.58. The Hall–Kier alpha value is -4.76. The number of methoxy groups -OCH3 is 1. The van der Waals surface area contributed by atoms with Gasteiger partial charge in [0.15, 0.2) is 0 Å². The van der Waals surface area contributed by atoms with Crippen molar-refractivity contribution in [2.24, 2.45) is 0 Å². The average Bonchev–Trinajstić information content (AvgIpc) is 3.57. The van der Waals surface area contributed by atoms with Crippen LogP contribution in [0.3, 0.4) is 0 Å². The number of aromatic nitrogens is 4. The van der Waals surface area contributed by atoms with Crippen molar-refractivity contribution in [3.8, 4) is 34.0 Å². The predicted molar refractivity (Wildman–Crippen MR) is 154 cm³/mol. The number of benzene rings is 2. The summed E-state index contributed by atoms with van der Waals surface area (Å²) in [4.78, 5) is 16.7. The van der Waals surface area contributed by atoms with Gasteiger partial charge in [-0.25, -0.2) is 18.7 Å². The summed E-state index contributed by atoms with van der Waals surface area (Å²) in [5, 5.41) is 1.95. The molecule has 0 saturated heterocycles. The number of rotatable bonds is 7. The molecular formula is C31H29F2N5O2. The molecule has 2 aromatic carbocycles. The van der Waals surface area contributed by atoms with Gasteiger partial charge in [0.1, 0.15) is 18.2 Å². The molecule has 6 rings (SSSR count). The first kappa shape index (κ1) is 26.8. The Labute approximate surface area is 230 Å². The van der Waals surface area contributed by atoms with Crippen molar-refractivity contribution in [2.45, 2.75) is 0 Å². The zero-order valence-corrected chi connectivity index (χ0v) is 22.4. The van der Waals surface area contributed by atoms with E-state index >= 15 is 0 Å². The standard InChI is InChI=1S/C17H18FN3O.C14H11FN2O/c1-21(2)7-8-22-17-6-3-12(10-20-17)15-11-19-16-9-13(18)4-5-14(15)16;1-18-14-5-2-9(7-17-14)12-8-16-13-6-10(15)3-4-11(12)13/h3-6,9-11,19H,7-8H2,1-2H3;2-8,16H,1H3. The number of hydrogen-bond donors (Lipinski definition) is 2. The van der Waals surface area contributed by atoms with Crippen LogP contribution in [0.5, 0.6) is 11.8 Å². The molecule has 0 radical (unpaired) electrons. The number of aromatic amines is 2. The van der Waals surface area contributed by atoms with E-state index in [0.717, 1.165) is 50.6 Å². The van der Waals surface area contributed by atoms with Crippen LogP contribution in [-0.2, 0) is 0 Å². The second-order valence-corrected chi connectivity index (χ2v) is 9.41. The Morgan fingerprint density at radius 2 is 1.25 bits per heavy atom. The molecule has 0 aliphatic rings. The summed E-state index contributed by atoms with van der Waals surface area (Å²) in [5.41, 5.74) is 5.50. The van der Waals surface area contributed by atoms with Gasteiger partial charge in [0.2, 0.25) is 11.8 Å². The summed E-state index contributed by atoms with van der Waals surface area (Å²) in [6.07, 6.45) is 7.24. The molecule has 0 aliphatic carbocycles. The van der Waals surface area contributed by atoms with Crippen LogP contribution in [-0.4, -0.2) is 59.2 Å². The van der Waals surface area contributed by atoms with Gasteiger partial charge in [-0.05, 0) is 62.6 Å². The Morgan fingerprint density at radius 3 is 1.70 bits per heavy atom. The molecular weight excluding hydrogens is 512 g/mol. The van der Waals surface area contributed by atoms with E-state index in [0.29, 0.717) is 18.4 Å². The minimum Gasteiger partial charge on any atom is -0.481 e. The fourth-order valence-electron chi connectivity index (χ4n) is 4.29. The average molecular weight is 542 g/mol. The molecule has 204 valence electrons. The lowest BCUT2D eigenvalue weighted by Gasteiger charge is -2.10. The van der Waals surface area contributed by atoms with Crippen molar-refractivity contribution >= 4 is 21.8 Å². The fourth-order valence-corrected chi connectivity index (χ4v) is 4.29. The van der Waals surface area contributed by atoms with Crippen LogP contribution < -0.4 is 9.47 Å². The number of hydrogen-bond acceptors (Lipinski definition) is 5. The maximum Gasteiger partial charge on any atom is 0.213 e. The number of likely N-dealkylation sites (N-methyl/N-ethyl adjacent to an activating group) is 1. The van der Waals surface area contributed by atoms with Crippen LogP contribution in [0.4, 0.5) is 8.78 Å². The van der Waals surface area contributed by atoms with Gasteiger partial charge in [0.05, 0.1) is 7.11 Å². The van der Waals surface area contributed by atoms with Gasteiger partial charge in [-0.15, -0.1) is 0 Å². The molecule has 0 spiro atoms. The second kappa shape index (κ2) is 12.0. The van der Waals surface area contributed by atoms with Crippen LogP contribution in [0.25, 0.3) is 44.1 Å². The molecule has 0 amide bonds. The number of ether oxygens (including phenoxy) is 2. The lowest BCUT2D eigenvalue weighted by atomic mass is 10.1. The van der Waals surface area contributed by atoms with E-state index in [2.05, 4.69) is 24.8 Å². The van der Waals surface area contributed by atoms with Crippen molar-refractivity contribution in [3.63, 3.8) is 0 Å². The predicted octanol–water partition coefficient (Wildman–Crippen LogP) is 6.69. The van der Waals surface area contributed by atoms with E-state index in [1.807, 2.05) is 44.7 Å². The number of pyridine rings is 2. The van der Waals surface area contributed by atoms with Gasteiger partial charge < -0.3 is 24.3 Å². The van der Waals surface area contributed by atoms with Gasteiger partial charge in [0, 0.05) is 87.5 Å². The van der Waals surface area contributed by atoms with Crippen LogP contribution in [0.15, 0.2) is 85.5 Å². The molecule has 9 heteroatoms. The van der Waals surface area contributed by atoms with E-state index in [4.69, 9.17) is 9.47 Å². The van der Waals surface area contributed by atoms with Crippen LogP contribution >= 0.6 is 0 Å². The largest absolute Gasteiger partial charge is 0.481 e. The molecule has 0 saturated carbocycles. The van der Waals surface area contributed by atoms with E-state index in [9.17, 15) is 8.78 Å². The fraction of sp³-hybridized carbons (Fsp3) is 0.161. The zero-order chi connectivity index (χ0) is 28.1. The Kier molecular flexibility index (Phi) is 8.02. The molecule has 0 unspecified atom stereocenters. The maximum absolute atomic E-state index is 13.2. The maximum atomic E-state index is 13.2. The van der Waals surface area contributed by atoms with Gasteiger partial charge in [0.25, 0.3) is 0 Å². The quantitative estimate of drug-likeness (QED) is 0.236. The van der Waals surface area contributed by atoms with Crippen molar-refractivity contribution < 1.29 is 18.3 Å². The summed E-state index contributed by atoms with van der Waals surface area (Å²) in [6, 6.07) is 17.0. The molecule has 0 bridgehead atoms. The van der Waals surface area contributed by atoms with E-state index in [1.54, 1.807) is 37.7 Å². The minimum atomic E-state index is -0.247. The Morgan fingerprint density at radius 1 is 0.725 bits per heavy atom. The smallest absolute Gasteiger partial charge is 0.213 e. The summed E-state index contributed by atoms with van der Waals surface area (Å²) >= 11 is 0. The van der Waals surface area contributed by atoms with Crippen LogP contribution in [0, 0.1) is 11.6 Å². The molecule has 4 heterocycles. The SMILES string of the molecule is CN(C)CCOc1ccc(-c2c[nH]c3cc(F)ccc23)cn1.COc1ccc(-c2c[nH]c3cc(F)ccc23)cn1. The highest BCUT2D eigenvalue weighted by Gasteiger charge is 2.09. The van der Waals surface area contributed by atoms with Crippen molar-refractivity contribution in [2.75, 3.05) is 34.4 Å². The van der Waals surface area contributed by atoms with Gasteiger partial charge in [-0.1, -0.05) is 0 Å². The third-order valence-corrected chi connectivity index (χ3v) is 6.38. The minimum absolute atomic E-state index is 0.247. The number of fused-ring (bicyclic) bond motifs is 2. The van der Waals surface area contributed by atoms with Crippen LogP contribution in [0.1, 0.15) is 0 Å². The molecule has 6 aromatic rings. The molecule has 0 fully saturated rings. The van der Waals surface area contributed by atoms with E-state index in [-0.39, 0.29) is 11.6 Å². The third-order valence-electron chi connectivity index (χ3n) is 6.38. The topological polar surface area (TPSA) is 79.1 Å². The molecule has 4 aromatic heterocycles. The summed E-state index contributed by atoms with van der Waals surface area (Å²) in [6.45, 7) is 1.45. The highest BCUT2D eigenvalue weighted by atomic mass is 19.1. The number of H-pyrrole nitrogens is 2. The monoisotopic (exact) mass is 541 g/mol. The summed E-state index contributed by atoms with van der Waals surface area (Å²) in [5.74, 6) is 0.688. The van der Waals surface area contributed by atoms with Crippen molar-refractivity contribution in [1.29, 1.82) is 0 Å². The summed E-state index contributed by atoms with van der Waals surface area (Å²) < 4.78 is 36.9. The van der Waals surface area contributed by atoms with Crippen molar-refractivity contribution in [1.82, 2.24) is 24.8 Å². The number of nitrogens with zero attached hydrogens (tertiary/aromatic N) is 3. The van der Waals surface area contributed by atoms with E-state index in [1.165, 1.54) is 24.3 Å². The van der Waals surface area contributed by atoms with Gasteiger partial charge in [-0.2, -0.15) is 0 Å². The van der Waals surface area contributed by atoms with Gasteiger partial charge in [-0.3, -0.25) is 0 Å². The van der Waals surface area contributed by atoms with E-state index < -0.39 is 0 Å². The lowest BCUT2D eigenvalue weighted by Crippen LogP contribution is -2.19. The zero-order valence-electron chi connectivity index (χ0n) is 22.4. The molecule has 40 heavy (non-hydrogen) atoms. The molecule has 7 nitrogen and oxygen atoms in total. The highest BCUT2D eigenvalue weighted by Crippen LogP contribution is 2.30. The Balaban J connectivity index is 0.000000164. The van der Waals surface area contributed by atoms with Crippen molar-refractivity contribution in [3.05, 3.63) is 97.1 Å². The molecule has 0 aliphatic heterocycles. The van der Waals surface area contributed by atoms with Crippen LogP contribution in [0.2, 0.25) is 0 Å². The lowest BCUT2D eigenvalue weighted by molar-refractivity contribution is 0.254. The molecule has 0 atom stereocenters. The highest BCUT2D eigenvalue weighted by molar-refractivity contribution is 5.96. The normalized spacial score (nSPS) is 11.1. The second-order valence-electron chi connectivity index (χ2n) is 9.41. The number of nitrogens with one attached hydrogen (secondary N) is 2. The third kappa shape index (κ3) is 6.10. The molecule has 2 N–H and O–H groups in total. The number of halogens is 2. The Bertz CT molecular complexity index is 1710.